The van der Waals surface area contributed by atoms with Crippen LogP contribution in [0.1, 0.15) is 43.6 Å². The van der Waals surface area contributed by atoms with Gasteiger partial charge in [-0.25, -0.2) is 15.0 Å². The monoisotopic (exact) mass is 551 g/mol. The minimum atomic E-state index is -0.267. The Balaban J connectivity index is 0.00000363. The number of anilines is 1. The van der Waals surface area contributed by atoms with Crippen LogP contribution in [0, 0.1) is 0 Å². The second-order valence-corrected chi connectivity index (χ2v) is 8.60. The number of piperazine rings is 1. The Labute approximate surface area is 207 Å². The highest BCUT2D eigenvalue weighted by Gasteiger charge is 2.21. The molecule has 1 aliphatic rings. The minimum Gasteiger partial charge on any atom is -0.357 e. The number of halogens is 1. The van der Waals surface area contributed by atoms with E-state index in [0.717, 1.165) is 50.2 Å². The van der Waals surface area contributed by atoms with Crippen molar-refractivity contribution in [3.63, 3.8) is 0 Å². The molecule has 0 aliphatic carbocycles. The second kappa shape index (κ2) is 12.0. The zero-order valence-electron chi connectivity index (χ0n) is 19.3. The Morgan fingerprint density at radius 2 is 1.78 bits per heavy atom. The first-order valence-electron chi connectivity index (χ1n) is 10.8. The molecule has 3 rings (SSSR count). The lowest BCUT2D eigenvalue weighted by Gasteiger charge is -2.36. The molecule has 0 unspecified atom stereocenters. The number of nitrogens with one attached hydrogen (secondary N) is 2. The van der Waals surface area contributed by atoms with E-state index in [1.54, 1.807) is 12.4 Å². The average molecular weight is 551 g/mol. The van der Waals surface area contributed by atoms with Crippen molar-refractivity contribution in [2.75, 3.05) is 37.6 Å². The molecule has 2 N–H and O–H groups in total. The number of hydrogen-bond donors (Lipinski definition) is 2. The van der Waals surface area contributed by atoms with Gasteiger partial charge in [0.25, 0.3) is 5.91 Å². The smallest absolute Gasteiger partial charge is 0.251 e. The normalized spacial score (nSPS) is 14.6. The molecule has 9 heteroatoms. The van der Waals surface area contributed by atoms with Crippen LogP contribution in [0.3, 0.4) is 0 Å². The second-order valence-electron chi connectivity index (χ2n) is 8.60. The molecular weight excluding hydrogens is 517 g/mol. The molecule has 1 amide bonds. The Morgan fingerprint density at radius 1 is 1.09 bits per heavy atom. The fraction of sp³-hybridized carbons (Fsp3) is 0.478. The molecule has 0 atom stereocenters. The van der Waals surface area contributed by atoms with Crippen molar-refractivity contribution >= 4 is 41.8 Å². The Kier molecular flexibility index (Phi) is 9.67. The first kappa shape index (κ1) is 25.8. The zero-order chi connectivity index (χ0) is 22.3. The minimum absolute atomic E-state index is 0. The summed E-state index contributed by atoms with van der Waals surface area (Å²) in [4.78, 5) is 30.4. The van der Waals surface area contributed by atoms with Crippen molar-refractivity contribution in [2.24, 2.45) is 4.99 Å². The largest absolute Gasteiger partial charge is 0.357 e. The molecule has 0 radical (unpaired) electrons. The van der Waals surface area contributed by atoms with Gasteiger partial charge >= 0.3 is 0 Å². The molecule has 1 aromatic carbocycles. The Bertz CT molecular complexity index is 891. The van der Waals surface area contributed by atoms with Gasteiger partial charge in [0.05, 0.1) is 6.54 Å². The topological polar surface area (TPSA) is 85.8 Å². The lowest BCUT2D eigenvalue weighted by Crippen LogP contribution is -2.52. The number of benzene rings is 1. The summed E-state index contributed by atoms with van der Waals surface area (Å²) < 4.78 is 0. The molecule has 1 aliphatic heterocycles. The predicted octanol–water partition coefficient (Wildman–Crippen LogP) is 2.91. The molecule has 174 valence electrons. The quantitative estimate of drug-likeness (QED) is 0.338. The number of hydrogen-bond acceptors (Lipinski definition) is 5. The molecule has 32 heavy (non-hydrogen) atoms. The number of amides is 1. The SMILES string of the molecule is CCNC(=NCc1cccc(C(=O)NC(C)(C)C)c1)N1CCN(c2ncccn2)CC1.I. The molecule has 0 bridgehead atoms. The molecule has 0 spiro atoms. The average Bonchev–Trinajstić information content (AvgIpc) is 2.76. The first-order valence-corrected chi connectivity index (χ1v) is 10.8. The Morgan fingerprint density at radius 3 is 2.41 bits per heavy atom. The van der Waals surface area contributed by atoms with E-state index in [2.05, 4.69) is 37.3 Å². The molecule has 0 saturated carbocycles. The van der Waals surface area contributed by atoms with Gasteiger partial charge in [-0.05, 0) is 51.5 Å². The summed E-state index contributed by atoms with van der Waals surface area (Å²) in [6.07, 6.45) is 3.55. The highest BCUT2D eigenvalue weighted by atomic mass is 127. The van der Waals surface area contributed by atoms with Gasteiger partial charge < -0.3 is 20.4 Å². The van der Waals surface area contributed by atoms with E-state index in [4.69, 9.17) is 4.99 Å². The van der Waals surface area contributed by atoms with Crippen LogP contribution in [0.15, 0.2) is 47.7 Å². The van der Waals surface area contributed by atoms with Gasteiger partial charge in [-0.15, -0.1) is 24.0 Å². The highest BCUT2D eigenvalue weighted by Crippen LogP contribution is 2.12. The van der Waals surface area contributed by atoms with E-state index in [9.17, 15) is 4.79 Å². The Hall–Kier alpha value is -2.43. The molecule has 2 aromatic rings. The number of nitrogens with zero attached hydrogens (tertiary/aromatic N) is 5. The molecule has 1 fully saturated rings. The van der Waals surface area contributed by atoms with Gasteiger partial charge in [0.2, 0.25) is 5.95 Å². The third-order valence-electron chi connectivity index (χ3n) is 4.84. The lowest BCUT2D eigenvalue weighted by molar-refractivity contribution is 0.0919. The van der Waals surface area contributed by atoms with E-state index in [1.807, 2.05) is 51.1 Å². The third kappa shape index (κ3) is 7.61. The summed E-state index contributed by atoms with van der Waals surface area (Å²) in [6, 6.07) is 9.50. The van der Waals surface area contributed by atoms with Crippen molar-refractivity contribution in [3.8, 4) is 0 Å². The number of carbonyl (C=O) groups excluding carboxylic acids is 1. The number of rotatable bonds is 5. The number of aromatic nitrogens is 2. The molecule has 2 heterocycles. The summed E-state index contributed by atoms with van der Waals surface area (Å²) in [6.45, 7) is 12.7. The fourth-order valence-corrected chi connectivity index (χ4v) is 3.39. The van der Waals surface area contributed by atoms with Gasteiger partial charge in [-0.3, -0.25) is 4.79 Å². The highest BCUT2D eigenvalue weighted by molar-refractivity contribution is 14.0. The maximum Gasteiger partial charge on any atom is 0.251 e. The summed E-state index contributed by atoms with van der Waals surface area (Å²) >= 11 is 0. The lowest BCUT2D eigenvalue weighted by atomic mass is 10.1. The number of guanidine groups is 1. The standard InChI is InChI=1S/C23H33N7O.HI/c1-5-24-21(29-12-14-30(15-13-29)22-25-10-7-11-26-22)27-17-18-8-6-9-19(16-18)20(31)28-23(2,3)4;/h6-11,16H,5,12-15,17H2,1-4H3,(H,24,27)(H,28,31);1H. The van der Waals surface area contributed by atoms with Crippen LogP contribution in [-0.2, 0) is 6.54 Å². The maximum absolute atomic E-state index is 12.5. The van der Waals surface area contributed by atoms with Crippen LogP contribution in [-0.4, -0.2) is 65.0 Å². The van der Waals surface area contributed by atoms with E-state index in [1.165, 1.54) is 0 Å². The van der Waals surface area contributed by atoms with E-state index in [0.29, 0.717) is 12.1 Å². The summed E-state index contributed by atoms with van der Waals surface area (Å²) in [5.41, 5.74) is 1.40. The van der Waals surface area contributed by atoms with Crippen LogP contribution in [0.25, 0.3) is 0 Å². The third-order valence-corrected chi connectivity index (χ3v) is 4.84. The predicted molar refractivity (Wildman–Crippen MR) is 140 cm³/mol. The van der Waals surface area contributed by atoms with Crippen molar-refractivity contribution in [1.29, 1.82) is 0 Å². The summed E-state index contributed by atoms with van der Waals surface area (Å²) in [5.74, 6) is 1.60. The van der Waals surface area contributed by atoms with E-state index in [-0.39, 0.29) is 35.4 Å². The number of aliphatic imine (C=N–C) groups is 1. The molecule has 1 aromatic heterocycles. The van der Waals surface area contributed by atoms with Crippen LogP contribution in [0.5, 0.6) is 0 Å². The van der Waals surface area contributed by atoms with Crippen molar-refractivity contribution in [3.05, 3.63) is 53.9 Å². The summed E-state index contributed by atoms with van der Waals surface area (Å²) in [7, 11) is 0. The van der Waals surface area contributed by atoms with Crippen molar-refractivity contribution in [1.82, 2.24) is 25.5 Å². The van der Waals surface area contributed by atoms with Gasteiger partial charge in [-0.1, -0.05) is 12.1 Å². The van der Waals surface area contributed by atoms with Crippen LogP contribution < -0.4 is 15.5 Å². The van der Waals surface area contributed by atoms with E-state index < -0.39 is 0 Å². The van der Waals surface area contributed by atoms with Gasteiger partial charge in [0, 0.05) is 56.2 Å². The van der Waals surface area contributed by atoms with Gasteiger partial charge in [0.15, 0.2) is 5.96 Å². The van der Waals surface area contributed by atoms with Crippen LogP contribution >= 0.6 is 24.0 Å². The van der Waals surface area contributed by atoms with Gasteiger partial charge in [0.1, 0.15) is 0 Å². The van der Waals surface area contributed by atoms with Crippen LogP contribution in [0.2, 0.25) is 0 Å². The first-order chi connectivity index (χ1) is 14.9. The number of carbonyl (C=O) groups is 1. The molecule has 1 saturated heterocycles. The van der Waals surface area contributed by atoms with Crippen molar-refractivity contribution in [2.45, 2.75) is 39.8 Å². The fourth-order valence-electron chi connectivity index (χ4n) is 3.39. The zero-order valence-corrected chi connectivity index (χ0v) is 21.7. The van der Waals surface area contributed by atoms with E-state index >= 15 is 0 Å². The summed E-state index contributed by atoms with van der Waals surface area (Å²) in [5, 5.41) is 6.40. The van der Waals surface area contributed by atoms with Crippen LogP contribution in [0.4, 0.5) is 5.95 Å². The maximum atomic E-state index is 12.5. The molecular formula is C23H34IN7O. The molecule has 8 nitrogen and oxygen atoms in total. The van der Waals surface area contributed by atoms with Gasteiger partial charge in [-0.2, -0.15) is 0 Å². The van der Waals surface area contributed by atoms with Crippen molar-refractivity contribution < 1.29 is 4.79 Å².